The van der Waals surface area contributed by atoms with Crippen LogP contribution in [0.4, 0.5) is 0 Å². The molecular formula is C32H38N8O9. The van der Waals surface area contributed by atoms with Gasteiger partial charge in [0.1, 0.15) is 29.9 Å². The molecule has 0 fully saturated rings. The first-order valence-electron chi connectivity index (χ1n) is 15.2. The van der Waals surface area contributed by atoms with E-state index in [4.69, 9.17) is 5.73 Å². The first-order valence-corrected chi connectivity index (χ1v) is 15.2. The van der Waals surface area contributed by atoms with Crippen LogP contribution in [0.1, 0.15) is 16.8 Å². The predicted octanol–water partition coefficient (Wildman–Crippen LogP) is -2.04. The minimum absolute atomic E-state index is 0.0277. The summed E-state index contributed by atoms with van der Waals surface area (Å²) in [7, 11) is 0. The van der Waals surface area contributed by atoms with Crippen molar-refractivity contribution in [2.45, 2.75) is 49.5 Å². The van der Waals surface area contributed by atoms with Gasteiger partial charge in [-0.1, -0.05) is 30.3 Å². The monoisotopic (exact) mass is 678 g/mol. The van der Waals surface area contributed by atoms with E-state index in [9.17, 15) is 44.4 Å². The number of H-pyrrole nitrogens is 2. The molecule has 2 aromatic heterocycles. The van der Waals surface area contributed by atoms with Crippen molar-refractivity contribution in [3.63, 3.8) is 0 Å². The van der Waals surface area contributed by atoms with E-state index in [0.717, 1.165) is 10.9 Å². The van der Waals surface area contributed by atoms with Crippen LogP contribution in [0.15, 0.2) is 67.3 Å². The number of aromatic amines is 2. The van der Waals surface area contributed by atoms with Crippen molar-refractivity contribution in [3.05, 3.63) is 84.1 Å². The second-order valence-electron chi connectivity index (χ2n) is 11.3. The Morgan fingerprint density at radius 3 is 1.96 bits per heavy atom. The Kier molecular flexibility index (Phi) is 12.4. The molecule has 2 heterocycles. The Labute approximate surface area is 279 Å². The van der Waals surface area contributed by atoms with Gasteiger partial charge in [-0.05, 0) is 29.3 Å². The molecule has 4 rings (SSSR count). The fraction of sp³-hybridized carbons (Fsp3) is 0.312. The Balaban J connectivity index is 1.52. The lowest BCUT2D eigenvalue weighted by atomic mass is 10.0. The summed E-state index contributed by atoms with van der Waals surface area (Å²) < 4.78 is 0. The number of carbonyl (C=O) groups excluding carboxylic acids is 4. The first kappa shape index (κ1) is 36.1. The number of nitrogens with zero attached hydrogens (tertiary/aromatic N) is 1. The second-order valence-corrected chi connectivity index (χ2v) is 11.3. The largest absolute Gasteiger partial charge is 0.508 e. The molecule has 5 atom stereocenters. The summed E-state index contributed by atoms with van der Waals surface area (Å²) in [5, 5.41) is 48.8. The number of hydrogen-bond acceptors (Lipinski definition) is 10. The molecule has 0 spiro atoms. The number of imidazole rings is 1. The Morgan fingerprint density at radius 2 is 1.33 bits per heavy atom. The molecule has 260 valence electrons. The average Bonchev–Trinajstić information content (AvgIpc) is 3.76. The fourth-order valence-corrected chi connectivity index (χ4v) is 5.00. The van der Waals surface area contributed by atoms with Crippen molar-refractivity contribution in [3.8, 4) is 5.75 Å². The van der Waals surface area contributed by atoms with Gasteiger partial charge in [0, 0.05) is 42.6 Å². The molecule has 17 nitrogen and oxygen atoms in total. The quantitative estimate of drug-likeness (QED) is 0.0578. The number of aromatic nitrogens is 3. The second kappa shape index (κ2) is 16.9. The number of amides is 4. The highest BCUT2D eigenvalue weighted by Crippen LogP contribution is 2.19. The van der Waals surface area contributed by atoms with Crippen LogP contribution >= 0.6 is 0 Å². The van der Waals surface area contributed by atoms with Gasteiger partial charge in [-0.15, -0.1) is 0 Å². The number of benzene rings is 2. The summed E-state index contributed by atoms with van der Waals surface area (Å²) in [4.78, 5) is 74.6. The summed E-state index contributed by atoms with van der Waals surface area (Å²) in [6, 6.07) is 5.88. The van der Waals surface area contributed by atoms with Crippen LogP contribution in [0.5, 0.6) is 5.75 Å². The number of carboxylic acids is 1. The number of nitrogens with two attached hydrogens (primary N) is 1. The summed E-state index contributed by atoms with van der Waals surface area (Å²) in [5.74, 6) is -5.06. The van der Waals surface area contributed by atoms with Crippen molar-refractivity contribution < 1.29 is 44.4 Å². The van der Waals surface area contributed by atoms with Gasteiger partial charge in [-0.3, -0.25) is 19.2 Å². The van der Waals surface area contributed by atoms with Gasteiger partial charge >= 0.3 is 5.97 Å². The molecule has 49 heavy (non-hydrogen) atoms. The number of phenolic OH excluding ortho intramolecular Hbond substituents is 1. The third-order valence-electron chi connectivity index (χ3n) is 7.67. The number of aliphatic hydroxyl groups excluding tert-OH is 2. The maximum absolute atomic E-state index is 13.7. The zero-order chi connectivity index (χ0) is 35.5. The number of aliphatic hydroxyl groups is 2. The lowest BCUT2D eigenvalue weighted by Crippen LogP contribution is -2.60. The van der Waals surface area contributed by atoms with Crippen molar-refractivity contribution in [2.75, 3.05) is 13.2 Å². The number of aromatic hydroxyl groups is 1. The minimum atomic E-state index is -1.67. The van der Waals surface area contributed by atoms with Crippen molar-refractivity contribution in [1.82, 2.24) is 36.2 Å². The number of hydrogen-bond donors (Lipinski definition) is 11. The Hall–Kier alpha value is -5.78. The molecule has 0 radical (unpaired) electrons. The lowest BCUT2D eigenvalue weighted by molar-refractivity contribution is -0.143. The lowest BCUT2D eigenvalue weighted by Gasteiger charge is -2.25. The maximum Gasteiger partial charge on any atom is 0.328 e. The van der Waals surface area contributed by atoms with Gasteiger partial charge in [-0.2, -0.15) is 0 Å². The number of aliphatic carboxylic acids is 1. The Bertz CT molecular complexity index is 1740. The van der Waals surface area contributed by atoms with Gasteiger partial charge in [0.15, 0.2) is 0 Å². The van der Waals surface area contributed by atoms with E-state index in [1.165, 1.54) is 30.6 Å². The van der Waals surface area contributed by atoms with E-state index in [1.807, 2.05) is 24.3 Å². The van der Waals surface area contributed by atoms with Gasteiger partial charge in [0.05, 0.1) is 31.3 Å². The zero-order valence-electron chi connectivity index (χ0n) is 26.1. The highest BCUT2D eigenvalue weighted by Gasteiger charge is 2.32. The van der Waals surface area contributed by atoms with E-state index in [0.29, 0.717) is 16.8 Å². The highest BCUT2D eigenvalue weighted by molar-refractivity contribution is 5.96. The van der Waals surface area contributed by atoms with Gasteiger partial charge in [0.25, 0.3) is 0 Å². The number of fused-ring (bicyclic) bond motifs is 1. The van der Waals surface area contributed by atoms with Crippen molar-refractivity contribution in [2.24, 2.45) is 5.73 Å². The highest BCUT2D eigenvalue weighted by atomic mass is 16.4. The molecular weight excluding hydrogens is 640 g/mol. The van der Waals surface area contributed by atoms with Gasteiger partial charge in [0.2, 0.25) is 23.6 Å². The van der Waals surface area contributed by atoms with E-state index >= 15 is 0 Å². The molecule has 0 bridgehead atoms. The number of para-hydroxylation sites is 1. The van der Waals surface area contributed by atoms with Crippen LogP contribution in [-0.2, 0) is 43.2 Å². The summed E-state index contributed by atoms with van der Waals surface area (Å²) in [6.45, 7) is -1.84. The molecule has 0 saturated carbocycles. The fourth-order valence-electron chi connectivity index (χ4n) is 5.00. The number of rotatable bonds is 17. The number of nitrogens with one attached hydrogen (secondary N) is 6. The van der Waals surface area contributed by atoms with Crippen LogP contribution in [0, 0.1) is 0 Å². The van der Waals surface area contributed by atoms with Crippen LogP contribution < -0.4 is 27.0 Å². The molecule has 4 amide bonds. The smallest absolute Gasteiger partial charge is 0.328 e. The van der Waals surface area contributed by atoms with Gasteiger partial charge in [-0.25, -0.2) is 9.78 Å². The van der Waals surface area contributed by atoms with Crippen LogP contribution in [-0.4, -0.2) is 108 Å². The number of carboxylic acid groups (broad SMARTS) is 1. The molecule has 0 aliphatic heterocycles. The molecule has 12 N–H and O–H groups in total. The minimum Gasteiger partial charge on any atom is -0.508 e. The van der Waals surface area contributed by atoms with Crippen LogP contribution in [0.25, 0.3) is 10.9 Å². The molecule has 0 saturated heterocycles. The molecule has 2 aromatic carbocycles. The molecule has 0 unspecified atom stereocenters. The molecule has 0 aliphatic carbocycles. The van der Waals surface area contributed by atoms with Gasteiger partial charge < -0.3 is 57.4 Å². The Morgan fingerprint density at radius 1 is 0.735 bits per heavy atom. The van der Waals surface area contributed by atoms with Crippen molar-refractivity contribution in [1.29, 1.82) is 0 Å². The zero-order valence-corrected chi connectivity index (χ0v) is 26.1. The normalized spacial score (nSPS) is 14.2. The predicted molar refractivity (Wildman–Crippen MR) is 174 cm³/mol. The van der Waals surface area contributed by atoms with E-state index in [1.54, 1.807) is 12.4 Å². The molecule has 4 aromatic rings. The molecule has 17 heteroatoms. The standard InChI is InChI=1S/C32H38N8O9/c33-22(11-19-13-34-16-36-19)28(44)37-25(10-18-12-35-23-4-2-1-3-21(18)23)30(46)39-26(14-41)31(47)38-24(9-17-5-7-20(43)8-6-17)29(45)40-27(15-42)32(48)49/h1-8,12-13,16,22,24-27,35,41-43H,9-11,14-15,33H2,(H,34,36)(H,37,44)(H,38,47)(H,39,46)(H,40,45)(H,48,49)/t22-,24-,25-,26-,27+/m0/s1. The summed E-state index contributed by atoms with van der Waals surface area (Å²) >= 11 is 0. The third-order valence-corrected chi connectivity index (χ3v) is 7.67. The number of phenols is 1. The average molecular weight is 679 g/mol. The third kappa shape index (κ3) is 9.86. The maximum atomic E-state index is 13.7. The number of carbonyl (C=O) groups is 5. The van der Waals surface area contributed by atoms with E-state index in [2.05, 4.69) is 36.2 Å². The SMILES string of the molecule is N[C@@H](Cc1c[nH]cn1)C(=O)N[C@@H](Cc1c[nH]c2ccccc12)C(=O)N[C@@H](CO)C(=O)N[C@@H](Cc1ccc(O)cc1)C(=O)N[C@H](CO)C(=O)O. The topological polar surface area (TPSA) is 285 Å². The first-order chi connectivity index (χ1) is 23.5. The van der Waals surface area contributed by atoms with Crippen LogP contribution in [0.2, 0.25) is 0 Å². The summed E-state index contributed by atoms with van der Waals surface area (Å²) in [5.41, 5.74) is 8.55. The van der Waals surface area contributed by atoms with Crippen LogP contribution in [0.3, 0.4) is 0 Å². The van der Waals surface area contributed by atoms with E-state index < -0.39 is 73.0 Å². The molecule has 0 aliphatic rings. The van der Waals surface area contributed by atoms with E-state index in [-0.39, 0.29) is 25.0 Å². The summed E-state index contributed by atoms with van der Waals surface area (Å²) in [6.07, 6.45) is 4.55. The van der Waals surface area contributed by atoms with Crippen molar-refractivity contribution >= 4 is 40.5 Å².